The Bertz CT molecular complexity index is 399. The highest BCUT2D eigenvalue weighted by molar-refractivity contribution is 6.42. The summed E-state index contributed by atoms with van der Waals surface area (Å²) in [5, 5.41) is 4.94. The number of hydrogen-bond acceptors (Lipinski definition) is 1. The SMILES string of the molecule is CC(N[C@@H](C)C1CCCC1)c1ccc(Cl)c(Cl)c1. The molecule has 1 aliphatic rings. The van der Waals surface area contributed by atoms with Gasteiger partial charge in [-0.25, -0.2) is 0 Å². The summed E-state index contributed by atoms with van der Waals surface area (Å²) in [6.07, 6.45) is 5.50. The van der Waals surface area contributed by atoms with Crippen LogP contribution < -0.4 is 5.32 Å². The van der Waals surface area contributed by atoms with Crippen LogP contribution in [0.2, 0.25) is 10.0 Å². The van der Waals surface area contributed by atoms with Crippen molar-refractivity contribution in [1.29, 1.82) is 0 Å². The summed E-state index contributed by atoms with van der Waals surface area (Å²) in [6.45, 7) is 4.48. The van der Waals surface area contributed by atoms with Crippen LogP contribution in [0.25, 0.3) is 0 Å². The highest BCUT2D eigenvalue weighted by atomic mass is 35.5. The van der Waals surface area contributed by atoms with Crippen LogP contribution in [0.5, 0.6) is 0 Å². The summed E-state index contributed by atoms with van der Waals surface area (Å²) in [5.41, 5.74) is 1.20. The molecule has 1 fully saturated rings. The molecule has 1 nitrogen and oxygen atoms in total. The lowest BCUT2D eigenvalue weighted by Crippen LogP contribution is -2.34. The molecule has 0 amide bonds. The molecule has 0 radical (unpaired) electrons. The third-order valence-corrected chi connectivity index (χ3v) is 4.80. The highest BCUT2D eigenvalue weighted by Gasteiger charge is 2.22. The van der Waals surface area contributed by atoms with Crippen LogP contribution in [-0.2, 0) is 0 Å². The molecule has 0 spiro atoms. The van der Waals surface area contributed by atoms with Gasteiger partial charge in [0.2, 0.25) is 0 Å². The predicted octanol–water partition coefficient (Wildman–Crippen LogP) is 5.22. The molecule has 1 aromatic carbocycles. The maximum absolute atomic E-state index is 6.06. The van der Waals surface area contributed by atoms with E-state index < -0.39 is 0 Å². The number of benzene rings is 1. The molecule has 1 aromatic rings. The largest absolute Gasteiger partial charge is 0.307 e. The van der Waals surface area contributed by atoms with Crippen molar-refractivity contribution in [3.8, 4) is 0 Å². The van der Waals surface area contributed by atoms with Gasteiger partial charge in [-0.3, -0.25) is 0 Å². The fourth-order valence-corrected chi connectivity index (χ4v) is 3.17. The first-order chi connectivity index (χ1) is 8.58. The molecule has 0 bridgehead atoms. The molecule has 0 heterocycles. The molecule has 18 heavy (non-hydrogen) atoms. The minimum absolute atomic E-state index is 0.315. The molecule has 2 atom stereocenters. The monoisotopic (exact) mass is 285 g/mol. The van der Waals surface area contributed by atoms with Crippen molar-refractivity contribution >= 4 is 23.2 Å². The number of hydrogen-bond donors (Lipinski definition) is 1. The summed E-state index contributed by atoms with van der Waals surface area (Å²) < 4.78 is 0. The second kappa shape index (κ2) is 6.27. The fourth-order valence-electron chi connectivity index (χ4n) is 2.87. The predicted molar refractivity (Wildman–Crippen MR) is 79.4 cm³/mol. The second-order valence-electron chi connectivity index (χ2n) is 5.40. The number of rotatable bonds is 4. The van der Waals surface area contributed by atoms with Crippen LogP contribution in [-0.4, -0.2) is 6.04 Å². The van der Waals surface area contributed by atoms with E-state index in [0.29, 0.717) is 22.1 Å². The number of nitrogens with one attached hydrogen (secondary N) is 1. The summed E-state index contributed by atoms with van der Waals surface area (Å²) >= 11 is 12.0. The quantitative estimate of drug-likeness (QED) is 0.799. The van der Waals surface area contributed by atoms with E-state index in [1.54, 1.807) is 0 Å². The van der Waals surface area contributed by atoms with Crippen molar-refractivity contribution < 1.29 is 0 Å². The van der Waals surface area contributed by atoms with Crippen molar-refractivity contribution in [3.63, 3.8) is 0 Å². The molecular formula is C15H21Cl2N. The molecule has 100 valence electrons. The van der Waals surface area contributed by atoms with Crippen LogP contribution in [0, 0.1) is 5.92 Å². The van der Waals surface area contributed by atoms with Gasteiger partial charge in [0.05, 0.1) is 10.0 Å². The molecule has 0 aliphatic heterocycles. The lowest BCUT2D eigenvalue weighted by Gasteiger charge is -2.25. The summed E-state index contributed by atoms with van der Waals surface area (Å²) in [6, 6.07) is 6.76. The molecule has 3 heteroatoms. The van der Waals surface area contributed by atoms with Gasteiger partial charge in [0, 0.05) is 12.1 Å². The van der Waals surface area contributed by atoms with E-state index >= 15 is 0 Å². The van der Waals surface area contributed by atoms with Crippen LogP contribution in [0.4, 0.5) is 0 Å². The molecule has 2 rings (SSSR count). The zero-order valence-electron chi connectivity index (χ0n) is 11.0. The Morgan fingerprint density at radius 2 is 1.78 bits per heavy atom. The molecular weight excluding hydrogens is 265 g/mol. The summed E-state index contributed by atoms with van der Waals surface area (Å²) in [4.78, 5) is 0. The van der Waals surface area contributed by atoms with Crippen LogP contribution in [0.15, 0.2) is 18.2 Å². The topological polar surface area (TPSA) is 12.0 Å². The molecule has 0 saturated heterocycles. The Hall–Kier alpha value is -0.240. The van der Waals surface area contributed by atoms with Crippen molar-refractivity contribution in [3.05, 3.63) is 33.8 Å². The maximum Gasteiger partial charge on any atom is 0.0595 e. The maximum atomic E-state index is 6.06. The zero-order valence-corrected chi connectivity index (χ0v) is 12.6. The Labute approximate surface area is 120 Å². The first kappa shape index (κ1) is 14.2. The van der Waals surface area contributed by atoms with Gasteiger partial charge in [-0.05, 0) is 50.3 Å². The normalized spacial score (nSPS) is 20.0. The molecule has 1 aliphatic carbocycles. The third kappa shape index (κ3) is 3.40. The number of halogens is 2. The van der Waals surface area contributed by atoms with E-state index in [0.717, 1.165) is 5.92 Å². The highest BCUT2D eigenvalue weighted by Crippen LogP contribution is 2.30. The Kier molecular flexibility index (Phi) is 4.94. The van der Waals surface area contributed by atoms with Crippen molar-refractivity contribution in [2.75, 3.05) is 0 Å². The van der Waals surface area contributed by atoms with Crippen molar-refractivity contribution in [2.24, 2.45) is 5.92 Å². The van der Waals surface area contributed by atoms with E-state index in [1.165, 1.54) is 31.2 Å². The molecule has 1 N–H and O–H groups in total. The minimum Gasteiger partial charge on any atom is -0.307 e. The Balaban J connectivity index is 1.97. The van der Waals surface area contributed by atoms with Gasteiger partial charge in [0.25, 0.3) is 0 Å². The van der Waals surface area contributed by atoms with E-state index in [4.69, 9.17) is 23.2 Å². The zero-order chi connectivity index (χ0) is 13.1. The lowest BCUT2D eigenvalue weighted by atomic mass is 9.98. The molecule has 1 saturated carbocycles. The summed E-state index contributed by atoms with van der Waals surface area (Å²) in [7, 11) is 0. The first-order valence-electron chi connectivity index (χ1n) is 6.79. The van der Waals surface area contributed by atoms with Crippen LogP contribution in [0.1, 0.15) is 51.1 Å². The van der Waals surface area contributed by atoms with Gasteiger partial charge in [-0.1, -0.05) is 42.1 Å². The molecule has 0 aromatic heterocycles. The van der Waals surface area contributed by atoms with E-state index in [-0.39, 0.29) is 0 Å². The van der Waals surface area contributed by atoms with Crippen molar-refractivity contribution in [2.45, 2.75) is 51.6 Å². The van der Waals surface area contributed by atoms with Crippen LogP contribution >= 0.6 is 23.2 Å². The fraction of sp³-hybridized carbons (Fsp3) is 0.600. The van der Waals surface area contributed by atoms with E-state index in [9.17, 15) is 0 Å². The van der Waals surface area contributed by atoms with E-state index in [1.807, 2.05) is 18.2 Å². The van der Waals surface area contributed by atoms with Crippen LogP contribution in [0.3, 0.4) is 0 Å². The van der Waals surface area contributed by atoms with Crippen molar-refractivity contribution in [1.82, 2.24) is 5.32 Å². The van der Waals surface area contributed by atoms with Gasteiger partial charge in [-0.15, -0.1) is 0 Å². The first-order valence-corrected chi connectivity index (χ1v) is 7.54. The lowest BCUT2D eigenvalue weighted by molar-refractivity contribution is 0.352. The minimum atomic E-state index is 0.315. The standard InChI is InChI=1S/C15H21Cl2N/c1-10(12-5-3-4-6-12)18-11(2)13-7-8-14(16)15(17)9-13/h7-12,18H,3-6H2,1-2H3/t10-,11?/m0/s1. The average Bonchev–Trinajstić information content (AvgIpc) is 2.86. The van der Waals surface area contributed by atoms with Gasteiger partial charge in [0.15, 0.2) is 0 Å². The average molecular weight is 286 g/mol. The smallest absolute Gasteiger partial charge is 0.0595 e. The Morgan fingerprint density at radius 1 is 1.11 bits per heavy atom. The third-order valence-electron chi connectivity index (χ3n) is 4.06. The second-order valence-corrected chi connectivity index (χ2v) is 6.21. The van der Waals surface area contributed by atoms with Gasteiger partial charge in [0.1, 0.15) is 0 Å². The summed E-state index contributed by atoms with van der Waals surface area (Å²) in [5.74, 6) is 0.829. The molecule has 1 unspecified atom stereocenters. The van der Waals surface area contributed by atoms with E-state index in [2.05, 4.69) is 19.2 Å². The van der Waals surface area contributed by atoms with Gasteiger partial charge >= 0.3 is 0 Å². The van der Waals surface area contributed by atoms with Gasteiger partial charge in [-0.2, -0.15) is 0 Å². The van der Waals surface area contributed by atoms with Gasteiger partial charge < -0.3 is 5.32 Å². The Morgan fingerprint density at radius 3 is 2.39 bits per heavy atom.